The largest absolute Gasteiger partial charge is 0.344 e. The number of aromatic nitrogens is 2. The van der Waals surface area contributed by atoms with Gasteiger partial charge in [-0.05, 0) is 18.6 Å². The second-order valence-corrected chi connectivity index (χ2v) is 4.92. The molecule has 0 amide bonds. The van der Waals surface area contributed by atoms with Crippen molar-refractivity contribution in [1.82, 2.24) is 15.3 Å². The third kappa shape index (κ3) is 3.03. The quantitative estimate of drug-likeness (QED) is 0.755. The third-order valence-electron chi connectivity index (χ3n) is 2.28. The number of hydrogen-bond donors (Lipinski definition) is 2. The number of hydrogen-bond acceptors (Lipinski definition) is 3. The maximum Gasteiger partial charge on any atom is 0.116 e. The summed E-state index contributed by atoms with van der Waals surface area (Å²) in [6.45, 7) is 3.11. The molecule has 0 aliphatic heterocycles. The zero-order valence-corrected chi connectivity index (χ0v) is 9.36. The Balaban J connectivity index is 1.76. The molecule has 4 heteroatoms. The molecule has 0 radical (unpaired) electrons. The molecule has 1 aliphatic rings. The second kappa shape index (κ2) is 4.84. The minimum atomic E-state index is 0.770. The van der Waals surface area contributed by atoms with Crippen LogP contribution in [0.5, 0.6) is 0 Å². The maximum atomic E-state index is 4.34. The van der Waals surface area contributed by atoms with Gasteiger partial charge in [0.15, 0.2) is 0 Å². The Bertz CT molecular complexity index is 281. The highest BCUT2D eigenvalue weighted by Crippen LogP contribution is 2.19. The first-order valence-electron chi connectivity index (χ1n) is 5.22. The lowest BCUT2D eigenvalue weighted by Gasteiger charge is -1.98. The summed E-state index contributed by atoms with van der Waals surface area (Å²) >= 11 is 1.90. The van der Waals surface area contributed by atoms with Crippen molar-refractivity contribution in [3.05, 3.63) is 17.7 Å². The van der Waals surface area contributed by atoms with E-state index in [1.165, 1.54) is 18.5 Å². The van der Waals surface area contributed by atoms with Crippen LogP contribution in [0.2, 0.25) is 0 Å². The normalized spacial score (nSPS) is 16.1. The number of thioether (sulfide) groups is 1. The maximum absolute atomic E-state index is 4.34. The molecule has 2 rings (SSSR count). The third-order valence-corrected chi connectivity index (χ3v) is 3.17. The molecule has 0 bridgehead atoms. The van der Waals surface area contributed by atoms with Crippen LogP contribution in [0.15, 0.2) is 6.20 Å². The first kappa shape index (κ1) is 10.1. The van der Waals surface area contributed by atoms with E-state index in [-0.39, 0.29) is 0 Å². The van der Waals surface area contributed by atoms with Gasteiger partial charge in [-0.15, -0.1) is 0 Å². The van der Waals surface area contributed by atoms with Gasteiger partial charge in [-0.25, -0.2) is 4.98 Å². The smallest absolute Gasteiger partial charge is 0.116 e. The van der Waals surface area contributed by atoms with Crippen LogP contribution in [0.4, 0.5) is 0 Å². The fourth-order valence-corrected chi connectivity index (χ4v) is 1.85. The number of imidazole rings is 1. The van der Waals surface area contributed by atoms with Crippen molar-refractivity contribution in [3.8, 4) is 0 Å². The van der Waals surface area contributed by atoms with E-state index < -0.39 is 0 Å². The number of H-pyrrole nitrogens is 1. The van der Waals surface area contributed by atoms with E-state index in [9.17, 15) is 0 Å². The highest BCUT2D eigenvalue weighted by Gasteiger charge is 2.20. The summed E-state index contributed by atoms with van der Waals surface area (Å²) in [4.78, 5) is 7.67. The van der Waals surface area contributed by atoms with Crippen LogP contribution in [0, 0.1) is 0 Å². The summed E-state index contributed by atoms with van der Waals surface area (Å²) in [5.41, 5.74) is 1.21. The van der Waals surface area contributed by atoms with Gasteiger partial charge in [-0.3, -0.25) is 0 Å². The molecule has 1 fully saturated rings. The standard InChI is InChI=1S/C10H17N3S/c1-2-14-7-10-12-6-9(13-10)5-11-8-3-4-8/h6,8,11H,2-5,7H2,1H3,(H,12,13). The molecule has 0 saturated heterocycles. The minimum Gasteiger partial charge on any atom is -0.344 e. The molecule has 0 atom stereocenters. The molecule has 2 N–H and O–H groups in total. The van der Waals surface area contributed by atoms with E-state index in [1.54, 1.807) is 0 Å². The van der Waals surface area contributed by atoms with E-state index >= 15 is 0 Å². The van der Waals surface area contributed by atoms with Crippen LogP contribution < -0.4 is 5.32 Å². The van der Waals surface area contributed by atoms with Crippen molar-refractivity contribution < 1.29 is 0 Å². The van der Waals surface area contributed by atoms with Crippen molar-refractivity contribution >= 4 is 11.8 Å². The summed E-state index contributed by atoms with van der Waals surface area (Å²) in [5, 5.41) is 3.46. The summed E-state index contributed by atoms with van der Waals surface area (Å²) in [6.07, 6.45) is 4.63. The highest BCUT2D eigenvalue weighted by molar-refractivity contribution is 7.98. The highest BCUT2D eigenvalue weighted by atomic mass is 32.2. The summed E-state index contributed by atoms with van der Waals surface area (Å²) in [7, 11) is 0. The SMILES string of the molecule is CCSCc1ncc(CNC2CC2)[nH]1. The predicted molar refractivity (Wildman–Crippen MR) is 60.3 cm³/mol. The molecule has 1 heterocycles. The Morgan fingerprint density at radius 1 is 1.64 bits per heavy atom. The molecule has 14 heavy (non-hydrogen) atoms. The van der Waals surface area contributed by atoms with Crippen LogP contribution in [-0.4, -0.2) is 21.8 Å². The zero-order chi connectivity index (χ0) is 9.80. The van der Waals surface area contributed by atoms with Gasteiger partial charge in [0.05, 0.1) is 5.75 Å². The Kier molecular flexibility index (Phi) is 3.48. The molecule has 1 aromatic heterocycles. The zero-order valence-electron chi connectivity index (χ0n) is 8.55. The van der Waals surface area contributed by atoms with Crippen molar-refractivity contribution in [1.29, 1.82) is 0 Å². The summed E-state index contributed by atoms with van der Waals surface area (Å²) in [5.74, 6) is 3.25. The van der Waals surface area contributed by atoms with Crippen LogP contribution in [0.25, 0.3) is 0 Å². The fraction of sp³-hybridized carbons (Fsp3) is 0.700. The van der Waals surface area contributed by atoms with Crippen LogP contribution >= 0.6 is 11.8 Å². The lowest BCUT2D eigenvalue weighted by Crippen LogP contribution is -2.15. The predicted octanol–water partition coefficient (Wildman–Crippen LogP) is 1.91. The molecule has 1 aliphatic carbocycles. The van der Waals surface area contributed by atoms with Gasteiger partial charge in [-0.1, -0.05) is 6.92 Å². The number of nitrogens with zero attached hydrogens (tertiary/aromatic N) is 1. The summed E-state index contributed by atoms with van der Waals surface area (Å²) in [6, 6.07) is 0.770. The van der Waals surface area contributed by atoms with Gasteiger partial charge in [0.2, 0.25) is 0 Å². The molecule has 3 nitrogen and oxygen atoms in total. The molecular formula is C10H17N3S. The van der Waals surface area contributed by atoms with Gasteiger partial charge in [0.1, 0.15) is 5.82 Å². The number of rotatable bonds is 6. The van der Waals surface area contributed by atoms with Gasteiger partial charge < -0.3 is 10.3 Å². The molecule has 0 unspecified atom stereocenters. The second-order valence-electron chi connectivity index (χ2n) is 3.65. The van der Waals surface area contributed by atoms with Crippen molar-refractivity contribution in [3.63, 3.8) is 0 Å². The van der Waals surface area contributed by atoms with E-state index in [1.807, 2.05) is 18.0 Å². The van der Waals surface area contributed by atoms with Crippen LogP contribution in [-0.2, 0) is 12.3 Å². The van der Waals surface area contributed by atoms with Gasteiger partial charge in [0, 0.05) is 24.5 Å². The van der Waals surface area contributed by atoms with Crippen LogP contribution in [0.1, 0.15) is 31.3 Å². The van der Waals surface area contributed by atoms with Crippen LogP contribution in [0.3, 0.4) is 0 Å². The van der Waals surface area contributed by atoms with Gasteiger partial charge in [-0.2, -0.15) is 11.8 Å². The van der Waals surface area contributed by atoms with E-state index in [0.717, 1.165) is 29.9 Å². The Hall–Kier alpha value is -0.480. The molecule has 1 saturated carbocycles. The summed E-state index contributed by atoms with van der Waals surface area (Å²) < 4.78 is 0. The average molecular weight is 211 g/mol. The number of nitrogens with one attached hydrogen (secondary N) is 2. The van der Waals surface area contributed by atoms with Gasteiger partial charge in [0.25, 0.3) is 0 Å². The molecule has 78 valence electrons. The van der Waals surface area contributed by atoms with E-state index in [2.05, 4.69) is 22.2 Å². The van der Waals surface area contributed by atoms with Crippen molar-refractivity contribution in [2.75, 3.05) is 5.75 Å². The van der Waals surface area contributed by atoms with E-state index in [0.29, 0.717) is 0 Å². The lowest BCUT2D eigenvalue weighted by atomic mass is 10.4. The lowest BCUT2D eigenvalue weighted by molar-refractivity contribution is 0.676. The molecule has 1 aromatic rings. The molecular weight excluding hydrogens is 194 g/mol. The van der Waals surface area contributed by atoms with Crippen molar-refractivity contribution in [2.45, 2.75) is 38.1 Å². The molecule has 0 spiro atoms. The van der Waals surface area contributed by atoms with Gasteiger partial charge >= 0.3 is 0 Å². The Labute approximate surface area is 89.1 Å². The van der Waals surface area contributed by atoms with E-state index in [4.69, 9.17) is 0 Å². The monoisotopic (exact) mass is 211 g/mol. The number of aromatic amines is 1. The first-order chi connectivity index (χ1) is 6.88. The Morgan fingerprint density at radius 3 is 3.21 bits per heavy atom. The Morgan fingerprint density at radius 2 is 2.50 bits per heavy atom. The average Bonchev–Trinajstić information content (AvgIpc) is 2.92. The first-order valence-corrected chi connectivity index (χ1v) is 6.38. The molecule has 0 aromatic carbocycles. The van der Waals surface area contributed by atoms with Crippen molar-refractivity contribution in [2.24, 2.45) is 0 Å². The topological polar surface area (TPSA) is 40.7 Å². The minimum absolute atomic E-state index is 0.770. The fourth-order valence-electron chi connectivity index (χ4n) is 1.31.